The SMILES string of the molecule is Cl.NC/C(=C\F)Cc1ccc(F)cc1F. The van der Waals surface area contributed by atoms with Crippen LogP contribution in [0.2, 0.25) is 0 Å². The predicted octanol–water partition coefficient (Wildman–Crippen LogP) is 2.74. The van der Waals surface area contributed by atoms with Gasteiger partial charge in [0.15, 0.2) is 0 Å². The summed E-state index contributed by atoms with van der Waals surface area (Å²) < 4.78 is 37.7. The lowest BCUT2D eigenvalue weighted by Crippen LogP contribution is -2.06. The highest BCUT2D eigenvalue weighted by Crippen LogP contribution is 2.13. The van der Waals surface area contributed by atoms with Gasteiger partial charge in [0.25, 0.3) is 0 Å². The highest BCUT2D eigenvalue weighted by atomic mass is 35.5. The number of halogens is 4. The first kappa shape index (κ1) is 14.0. The van der Waals surface area contributed by atoms with E-state index in [2.05, 4.69) is 0 Å². The summed E-state index contributed by atoms with van der Waals surface area (Å²) in [5.41, 5.74) is 5.72. The molecule has 0 saturated carbocycles. The molecule has 15 heavy (non-hydrogen) atoms. The lowest BCUT2D eigenvalue weighted by atomic mass is 10.1. The zero-order chi connectivity index (χ0) is 10.6. The first-order valence-electron chi connectivity index (χ1n) is 4.09. The molecular formula is C10H11ClF3N. The minimum absolute atomic E-state index is 0. The topological polar surface area (TPSA) is 26.0 Å². The van der Waals surface area contributed by atoms with E-state index in [-0.39, 0.29) is 36.5 Å². The maximum absolute atomic E-state index is 13.1. The number of nitrogens with two attached hydrogens (primary N) is 1. The maximum Gasteiger partial charge on any atom is 0.129 e. The van der Waals surface area contributed by atoms with Crippen LogP contribution < -0.4 is 5.73 Å². The fraction of sp³-hybridized carbons (Fsp3) is 0.200. The maximum atomic E-state index is 13.1. The van der Waals surface area contributed by atoms with Crippen LogP contribution in [0.25, 0.3) is 0 Å². The van der Waals surface area contributed by atoms with Crippen LogP contribution in [0, 0.1) is 11.6 Å². The summed E-state index contributed by atoms with van der Waals surface area (Å²) in [4.78, 5) is 0. The van der Waals surface area contributed by atoms with E-state index < -0.39 is 11.6 Å². The van der Waals surface area contributed by atoms with Crippen LogP contribution in [0.15, 0.2) is 30.1 Å². The lowest BCUT2D eigenvalue weighted by Gasteiger charge is -2.04. The summed E-state index contributed by atoms with van der Waals surface area (Å²) >= 11 is 0. The molecule has 0 saturated heterocycles. The highest BCUT2D eigenvalue weighted by molar-refractivity contribution is 5.85. The third kappa shape index (κ3) is 3.93. The van der Waals surface area contributed by atoms with Gasteiger partial charge in [-0.15, -0.1) is 12.4 Å². The quantitative estimate of drug-likeness (QED) is 0.860. The molecule has 0 atom stereocenters. The Kier molecular flexibility index (Phi) is 6.05. The Balaban J connectivity index is 0.00000196. The molecule has 0 unspecified atom stereocenters. The van der Waals surface area contributed by atoms with Crippen LogP contribution in [0.1, 0.15) is 5.56 Å². The average molecular weight is 238 g/mol. The van der Waals surface area contributed by atoms with Crippen molar-refractivity contribution in [2.24, 2.45) is 5.73 Å². The molecule has 1 rings (SSSR count). The van der Waals surface area contributed by atoms with Gasteiger partial charge in [-0.3, -0.25) is 0 Å². The third-order valence-corrected chi connectivity index (χ3v) is 1.85. The molecule has 84 valence electrons. The van der Waals surface area contributed by atoms with Gasteiger partial charge in [-0.2, -0.15) is 0 Å². The second-order valence-corrected chi connectivity index (χ2v) is 2.88. The molecule has 0 aliphatic heterocycles. The zero-order valence-corrected chi connectivity index (χ0v) is 8.66. The van der Waals surface area contributed by atoms with Gasteiger partial charge in [0.05, 0.1) is 6.33 Å². The van der Waals surface area contributed by atoms with Crippen molar-refractivity contribution in [2.45, 2.75) is 6.42 Å². The van der Waals surface area contributed by atoms with E-state index in [0.29, 0.717) is 6.33 Å². The molecule has 0 aliphatic rings. The first-order chi connectivity index (χ1) is 6.67. The summed E-state index contributed by atoms with van der Waals surface area (Å²) in [6, 6.07) is 3.18. The van der Waals surface area contributed by atoms with Gasteiger partial charge in [0.1, 0.15) is 11.6 Å². The molecule has 2 N–H and O–H groups in total. The Morgan fingerprint density at radius 3 is 2.47 bits per heavy atom. The van der Waals surface area contributed by atoms with Crippen LogP contribution >= 0.6 is 12.4 Å². The fourth-order valence-corrected chi connectivity index (χ4v) is 1.06. The number of benzene rings is 1. The summed E-state index contributed by atoms with van der Waals surface area (Å²) in [5.74, 6) is -1.33. The second kappa shape index (κ2) is 6.48. The highest BCUT2D eigenvalue weighted by Gasteiger charge is 2.05. The molecule has 0 aliphatic carbocycles. The molecule has 0 radical (unpaired) electrons. The van der Waals surface area contributed by atoms with E-state index in [4.69, 9.17) is 5.73 Å². The number of rotatable bonds is 3. The Labute approximate surface area is 92.2 Å². The molecule has 1 nitrogen and oxygen atoms in total. The Morgan fingerprint density at radius 1 is 1.33 bits per heavy atom. The lowest BCUT2D eigenvalue weighted by molar-refractivity contribution is 0.573. The normalized spacial score (nSPS) is 11.1. The Bertz CT molecular complexity index is 353. The minimum Gasteiger partial charge on any atom is -0.327 e. The molecule has 0 heterocycles. The monoisotopic (exact) mass is 237 g/mol. The van der Waals surface area contributed by atoms with Crippen LogP contribution in [-0.2, 0) is 6.42 Å². The molecule has 1 aromatic rings. The summed E-state index contributed by atoms with van der Waals surface area (Å²) in [5, 5.41) is 0. The van der Waals surface area contributed by atoms with Gasteiger partial charge in [-0.25, -0.2) is 13.2 Å². The van der Waals surface area contributed by atoms with Gasteiger partial charge >= 0.3 is 0 Å². The second-order valence-electron chi connectivity index (χ2n) is 2.88. The van der Waals surface area contributed by atoms with Gasteiger partial charge in [0, 0.05) is 19.0 Å². The largest absolute Gasteiger partial charge is 0.327 e. The third-order valence-electron chi connectivity index (χ3n) is 1.85. The van der Waals surface area contributed by atoms with Crippen LogP contribution in [0.3, 0.4) is 0 Å². The summed E-state index contributed by atoms with van der Waals surface area (Å²) in [6.45, 7) is 0.0211. The predicted molar refractivity (Wildman–Crippen MR) is 55.6 cm³/mol. The molecule has 5 heteroatoms. The van der Waals surface area contributed by atoms with Gasteiger partial charge in [-0.05, 0) is 17.2 Å². The summed E-state index contributed by atoms with van der Waals surface area (Å²) in [7, 11) is 0. The van der Waals surface area contributed by atoms with Crippen molar-refractivity contribution in [2.75, 3.05) is 6.54 Å². The van der Waals surface area contributed by atoms with E-state index in [9.17, 15) is 13.2 Å². The smallest absolute Gasteiger partial charge is 0.129 e. The fourth-order valence-electron chi connectivity index (χ4n) is 1.06. The molecule has 0 fully saturated rings. The minimum atomic E-state index is -0.683. The zero-order valence-electron chi connectivity index (χ0n) is 7.84. The van der Waals surface area contributed by atoms with Crippen molar-refractivity contribution in [1.29, 1.82) is 0 Å². The number of hydrogen-bond acceptors (Lipinski definition) is 1. The number of hydrogen-bond donors (Lipinski definition) is 1. The van der Waals surface area contributed by atoms with Gasteiger partial charge in [0.2, 0.25) is 0 Å². The Hall–Kier alpha value is -1.00. The average Bonchev–Trinajstić information content (AvgIpc) is 2.17. The molecule has 1 aromatic carbocycles. The van der Waals surface area contributed by atoms with Crippen molar-refractivity contribution >= 4 is 12.4 Å². The molecular weight excluding hydrogens is 227 g/mol. The van der Waals surface area contributed by atoms with E-state index in [1.54, 1.807) is 0 Å². The molecule has 0 bridgehead atoms. The van der Waals surface area contributed by atoms with E-state index in [0.717, 1.165) is 12.1 Å². The van der Waals surface area contributed by atoms with Crippen molar-refractivity contribution < 1.29 is 13.2 Å². The molecule has 0 amide bonds. The molecule has 0 spiro atoms. The molecule has 0 aromatic heterocycles. The van der Waals surface area contributed by atoms with Crippen molar-refractivity contribution in [3.63, 3.8) is 0 Å². The van der Waals surface area contributed by atoms with Crippen molar-refractivity contribution in [3.8, 4) is 0 Å². The van der Waals surface area contributed by atoms with Gasteiger partial charge < -0.3 is 5.73 Å². The van der Waals surface area contributed by atoms with Gasteiger partial charge in [-0.1, -0.05) is 6.07 Å². The van der Waals surface area contributed by atoms with E-state index >= 15 is 0 Å². The Morgan fingerprint density at radius 2 is 2.00 bits per heavy atom. The van der Waals surface area contributed by atoms with E-state index in [1.807, 2.05) is 0 Å². The van der Waals surface area contributed by atoms with Crippen LogP contribution in [0.4, 0.5) is 13.2 Å². The summed E-state index contributed by atoms with van der Waals surface area (Å²) in [6.07, 6.45) is 0.419. The van der Waals surface area contributed by atoms with Crippen molar-refractivity contribution in [3.05, 3.63) is 47.3 Å². The van der Waals surface area contributed by atoms with Crippen LogP contribution in [-0.4, -0.2) is 6.54 Å². The standard InChI is InChI=1S/C10H10F3N.ClH/c11-5-7(6-14)3-8-1-2-9(12)4-10(8)13;/h1-2,4-5H,3,6,14H2;1H/b7-5-;. The van der Waals surface area contributed by atoms with E-state index in [1.165, 1.54) is 6.07 Å². The van der Waals surface area contributed by atoms with Crippen molar-refractivity contribution in [1.82, 2.24) is 0 Å². The first-order valence-corrected chi connectivity index (χ1v) is 4.09. The van der Waals surface area contributed by atoms with Crippen LogP contribution in [0.5, 0.6) is 0 Å².